The Kier molecular flexibility index (Phi) is 6.20. The topological polar surface area (TPSA) is 21.3 Å². The molecule has 0 radical (unpaired) electrons. The summed E-state index contributed by atoms with van der Waals surface area (Å²) in [4.78, 5) is 0. The van der Waals surface area contributed by atoms with E-state index < -0.39 is 0 Å². The number of ether oxygens (including phenoxy) is 1. The third-order valence-electron chi connectivity index (χ3n) is 3.14. The predicted molar refractivity (Wildman–Crippen MR) is 60.6 cm³/mol. The van der Waals surface area contributed by atoms with E-state index in [0.717, 1.165) is 6.61 Å². The summed E-state index contributed by atoms with van der Waals surface area (Å²) < 4.78 is 5.75. The van der Waals surface area contributed by atoms with Gasteiger partial charge in [0.2, 0.25) is 0 Å². The van der Waals surface area contributed by atoms with Gasteiger partial charge >= 0.3 is 0 Å². The molecule has 1 aliphatic rings. The van der Waals surface area contributed by atoms with E-state index in [9.17, 15) is 0 Å². The third-order valence-corrected chi connectivity index (χ3v) is 3.14. The molecule has 0 amide bonds. The molecule has 2 heteroatoms. The lowest BCUT2D eigenvalue weighted by Gasteiger charge is -2.26. The van der Waals surface area contributed by atoms with Crippen molar-refractivity contribution < 1.29 is 4.74 Å². The fraction of sp³-hybridized carbons (Fsp3) is 1.00. The SMILES string of the molecule is CCCCC(CC1CCCCO1)NC. The Morgan fingerprint density at radius 1 is 1.43 bits per heavy atom. The summed E-state index contributed by atoms with van der Waals surface area (Å²) in [5, 5.41) is 3.40. The first-order valence-electron chi connectivity index (χ1n) is 6.15. The number of rotatable bonds is 6. The lowest BCUT2D eigenvalue weighted by molar-refractivity contribution is 0.00505. The molecular formula is C12H25NO. The van der Waals surface area contributed by atoms with Gasteiger partial charge in [-0.2, -0.15) is 0 Å². The molecule has 1 N–H and O–H groups in total. The van der Waals surface area contributed by atoms with E-state index in [0.29, 0.717) is 12.1 Å². The smallest absolute Gasteiger partial charge is 0.0590 e. The van der Waals surface area contributed by atoms with Gasteiger partial charge in [0.25, 0.3) is 0 Å². The van der Waals surface area contributed by atoms with E-state index in [-0.39, 0.29) is 0 Å². The Balaban J connectivity index is 2.16. The van der Waals surface area contributed by atoms with Crippen molar-refractivity contribution in [2.75, 3.05) is 13.7 Å². The van der Waals surface area contributed by atoms with Crippen LogP contribution < -0.4 is 5.32 Å². The Morgan fingerprint density at radius 2 is 2.29 bits per heavy atom. The monoisotopic (exact) mass is 199 g/mol. The molecule has 0 saturated carbocycles. The molecule has 1 heterocycles. The Bertz CT molecular complexity index is 132. The minimum atomic E-state index is 0.526. The Hall–Kier alpha value is -0.0800. The lowest BCUT2D eigenvalue weighted by Crippen LogP contribution is -2.32. The van der Waals surface area contributed by atoms with E-state index in [1.54, 1.807) is 0 Å². The predicted octanol–water partition coefficient (Wildman–Crippen LogP) is 2.72. The zero-order valence-electron chi connectivity index (χ0n) is 9.72. The van der Waals surface area contributed by atoms with Crippen molar-refractivity contribution >= 4 is 0 Å². The van der Waals surface area contributed by atoms with Crippen LogP contribution in [0.3, 0.4) is 0 Å². The van der Waals surface area contributed by atoms with E-state index in [1.807, 2.05) is 0 Å². The molecule has 0 spiro atoms. The lowest BCUT2D eigenvalue weighted by atomic mass is 9.98. The molecule has 1 fully saturated rings. The summed E-state index contributed by atoms with van der Waals surface area (Å²) in [6.45, 7) is 3.23. The summed E-state index contributed by atoms with van der Waals surface area (Å²) in [5.74, 6) is 0. The van der Waals surface area contributed by atoms with Crippen molar-refractivity contribution in [2.45, 2.75) is 64.0 Å². The minimum Gasteiger partial charge on any atom is -0.378 e. The van der Waals surface area contributed by atoms with E-state index in [4.69, 9.17) is 4.74 Å². The summed E-state index contributed by atoms with van der Waals surface area (Å²) in [6.07, 6.45) is 9.54. The van der Waals surface area contributed by atoms with Gasteiger partial charge in [-0.3, -0.25) is 0 Å². The Morgan fingerprint density at radius 3 is 2.86 bits per heavy atom. The molecule has 1 saturated heterocycles. The van der Waals surface area contributed by atoms with E-state index in [1.165, 1.54) is 44.9 Å². The van der Waals surface area contributed by atoms with Gasteiger partial charge in [0.1, 0.15) is 0 Å². The number of hydrogen-bond acceptors (Lipinski definition) is 2. The first-order chi connectivity index (χ1) is 6.86. The van der Waals surface area contributed by atoms with Gasteiger partial charge in [-0.25, -0.2) is 0 Å². The largest absolute Gasteiger partial charge is 0.378 e. The van der Waals surface area contributed by atoms with Crippen LogP contribution in [-0.4, -0.2) is 25.8 Å². The number of unbranched alkanes of at least 4 members (excludes halogenated alkanes) is 1. The molecule has 1 rings (SSSR count). The van der Waals surface area contributed by atoms with Crippen LogP contribution in [0.4, 0.5) is 0 Å². The zero-order chi connectivity index (χ0) is 10.2. The van der Waals surface area contributed by atoms with Crippen molar-refractivity contribution in [3.8, 4) is 0 Å². The highest BCUT2D eigenvalue weighted by Gasteiger charge is 2.17. The molecule has 0 aromatic rings. The summed E-state index contributed by atoms with van der Waals surface area (Å²) in [7, 11) is 2.07. The van der Waals surface area contributed by atoms with Crippen molar-refractivity contribution in [1.29, 1.82) is 0 Å². The maximum atomic E-state index is 5.75. The highest BCUT2D eigenvalue weighted by atomic mass is 16.5. The van der Waals surface area contributed by atoms with Gasteiger partial charge in [0, 0.05) is 12.6 Å². The number of nitrogens with one attached hydrogen (secondary N) is 1. The van der Waals surface area contributed by atoms with E-state index in [2.05, 4.69) is 19.3 Å². The summed E-state index contributed by atoms with van der Waals surface area (Å²) in [5.41, 5.74) is 0. The fourth-order valence-electron chi connectivity index (χ4n) is 2.14. The molecule has 0 bridgehead atoms. The molecule has 2 atom stereocenters. The van der Waals surface area contributed by atoms with Crippen molar-refractivity contribution in [3.05, 3.63) is 0 Å². The van der Waals surface area contributed by atoms with Crippen LogP contribution in [0.1, 0.15) is 51.9 Å². The van der Waals surface area contributed by atoms with Gasteiger partial charge in [0.05, 0.1) is 6.10 Å². The fourth-order valence-corrected chi connectivity index (χ4v) is 2.14. The maximum absolute atomic E-state index is 5.75. The van der Waals surface area contributed by atoms with Crippen LogP contribution in [-0.2, 0) is 4.74 Å². The zero-order valence-corrected chi connectivity index (χ0v) is 9.72. The molecule has 0 aromatic heterocycles. The summed E-state index contributed by atoms with van der Waals surface area (Å²) in [6, 6.07) is 0.665. The average Bonchev–Trinajstić information content (AvgIpc) is 2.25. The van der Waals surface area contributed by atoms with Gasteiger partial charge < -0.3 is 10.1 Å². The molecule has 0 aliphatic carbocycles. The van der Waals surface area contributed by atoms with Gasteiger partial charge in [-0.15, -0.1) is 0 Å². The summed E-state index contributed by atoms with van der Waals surface area (Å²) >= 11 is 0. The van der Waals surface area contributed by atoms with Crippen LogP contribution in [0.15, 0.2) is 0 Å². The second kappa shape index (κ2) is 7.24. The minimum absolute atomic E-state index is 0.526. The second-order valence-electron chi connectivity index (χ2n) is 4.35. The van der Waals surface area contributed by atoms with Crippen LogP contribution in [0.2, 0.25) is 0 Å². The van der Waals surface area contributed by atoms with Crippen molar-refractivity contribution in [1.82, 2.24) is 5.32 Å². The first-order valence-corrected chi connectivity index (χ1v) is 6.15. The van der Waals surface area contributed by atoms with Crippen LogP contribution in [0.5, 0.6) is 0 Å². The van der Waals surface area contributed by atoms with Gasteiger partial charge in [0.15, 0.2) is 0 Å². The normalized spacial score (nSPS) is 24.9. The molecule has 0 aromatic carbocycles. The first kappa shape index (κ1) is 12.0. The van der Waals surface area contributed by atoms with Crippen molar-refractivity contribution in [2.24, 2.45) is 0 Å². The van der Waals surface area contributed by atoms with Crippen LogP contribution in [0, 0.1) is 0 Å². The Labute approximate surface area is 88.4 Å². The molecule has 14 heavy (non-hydrogen) atoms. The third kappa shape index (κ3) is 4.43. The molecular weight excluding hydrogens is 174 g/mol. The van der Waals surface area contributed by atoms with Gasteiger partial charge in [-0.1, -0.05) is 19.8 Å². The second-order valence-corrected chi connectivity index (χ2v) is 4.35. The molecule has 1 aliphatic heterocycles. The molecule has 84 valence electrons. The quantitative estimate of drug-likeness (QED) is 0.710. The van der Waals surface area contributed by atoms with E-state index >= 15 is 0 Å². The average molecular weight is 199 g/mol. The highest BCUT2D eigenvalue weighted by molar-refractivity contribution is 4.73. The standard InChI is InChI=1S/C12H25NO/c1-3-4-7-11(13-2)10-12-8-5-6-9-14-12/h11-13H,3-10H2,1-2H3. The van der Waals surface area contributed by atoms with Crippen LogP contribution >= 0.6 is 0 Å². The van der Waals surface area contributed by atoms with Crippen molar-refractivity contribution in [3.63, 3.8) is 0 Å². The maximum Gasteiger partial charge on any atom is 0.0590 e. The molecule has 2 unspecified atom stereocenters. The number of hydrogen-bond donors (Lipinski definition) is 1. The van der Waals surface area contributed by atoms with Crippen LogP contribution in [0.25, 0.3) is 0 Å². The van der Waals surface area contributed by atoms with Gasteiger partial charge in [-0.05, 0) is 39.2 Å². The highest BCUT2D eigenvalue weighted by Crippen LogP contribution is 2.18. The molecule has 2 nitrogen and oxygen atoms in total.